The number of hydrogen-bond donors (Lipinski definition) is 0. The molecule has 9 aromatic carbocycles. The molecule has 0 unspecified atom stereocenters. The zero-order chi connectivity index (χ0) is 32.7. The molecule has 1 aliphatic carbocycles. The van der Waals surface area contributed by atoms with Gasteiger partial charge >= 0.3 is 0 Å². The second-order valence-corrected chi connectivity index (χ2v) is 14.1. The van der Waals surface area contributed by atoms with Crippen LogP contribution in [0.1, 0.15) is 25.0 Å². The first-order valence-corrected chi connectivity index (χ1v) is 17.3. The van der Waals surface area contributed by atoms with Crippen molar-refractivity contribution < 1.29 is 0 Å². The number of benzene rings is 9. The van der Waals surface area contributed by atoms with Gasteiger partial charge in [0.1, 0.15) is 0 Å². The lowest BCUT2D eigenvalue weighted by atomic mass is 9.81. The van der Waals surface area contributed by atoms with Gasteiger partial charge in [0.25, 0.3) is 0 Å². The van der Waals surface area contributed by atoms with Gasteiger partial charge < -0.3 is 0 Å². The largest absolute Gasteiger partial charge is 0.0622 e. The van der Waals surface area contributed by atoms with Crippen LogP contribution < -0.4 is 0 Å². The fourth-order valence-corrected chi connectivity index (χ4v) is 8.59. The highest BCUT2D eigenvalue weighted by Gasteiger charge is 2.36. The van der Waals surface area contributed by atoms with Gasteiger partial charge in [-0.1, -0.05) is 166 Å². The summed E-state index contributed by atoms with van der Waals surface area (Å²) in [7, 11) is 0. The highest BCUT2D eigenvalue weighted by atomic mass is 14.4. The summed E-state index contributed by atoms with van der Waals surface area (Å²) in [4.78, 5) is 0. The molecule has 0 amide bonds. The first kappa shape index (κ1) is 28.1. The van der Waals surface area contributed by atoms with Crippen molar-refractivity contribution in [3.8, 4) is 44.5 Å². The van der Waals surface area contributed by atoms with Gasteiger partial charge in [0.2, 0.25) is 0 Å². The Hall–Kier alpha value is -5.98. The summed E-state index contributed by atoms with van der Waals surface area (Å²) in [5.41, 5.74) is 13.1. The maximum Gasteiger partial charge on any atom is 0.0159 e. The molecule has 0 bridgehead atoms. The summed E-state index contributed by atoms with van der Waals surface area (Å²) in [6, 6.07) is 63.1. The van der Waals surface area contributed by atoms with Crippen molar-refractivity contribution in [1.29, 1.82) is 0 Å². The van der Waals surface area contributed by atoms with E-state index in [9.17, 15) is 0 Å². The molecule has 0 saturated carbocycles. The smallest absolute Gasteiger partial charge is 0.0159 e. The molecule has 230 valence electrons. The molecule has 0 heterocycles. The summed E-state index contributed by atoms with van der Waals surface area (Å²) in [6.45, 7) is 4.75. The topological polar surface area (TPSA) is 0 Å². The predicted molar refractivity (Wildman–Crippen MR) is 210 cm³/mol. The normalized spacial score (nSPS) is 13.3. The second-order valence-electron chi connectivity index (χ2n) is 14.1. The Bertz CT molecular complexity index is 2760. The third kappa shape index (κ3) is 4.17. The molecule has 0 heteroatoms. The molecular formula is C49H34. The van der Waals surface area contributed by atoms with Crippen molar-refractivity contribution in [3.05, 3.63) is 181 Å². The van der Waals surface area contributed by atoms with Gasteiger partial charge in [-0.2, -0.15) is 0 Å². The second kappa shape index (κ2) is 10.5. The van der Waals surface area contributed by atoms with E-state index in [1.165, 1.54) is 98.7 Å². The number of rotatable bonds is 3. The van der Waals surface area contributed by atoms with Crippen molar-refractivity contribution in [3.63, 3.8) is 0 Å². The molecule has 0 spiro atoms. The zero-order valence-electron chi connectivity index (χ0n) is 27.7. The molecule has 49 heavy (non-hydrogen) atoms. The Balaban J connectivity index is 1.14. The highest BCUT2D eigenvalue weighted by molar-refractivity contribution is 6.27. The Kier molecular flexibility index (Phi) is 6.02. The van der Waals surface area contributed by atoms with Crippen molar-refractivity contribution in [2.75, 3.05) is 0 Å². The lowest BCUT2D eigenvalue weighted by molar-refractivity contribution is 0.661. The monoisotopic (exact) mass is 622 g/mol. The Labute approximate surface area is 286 Å². The minimum absolute atomic E-state index is 0.0637. The van der Waals surface area contributed by atoms with Gasteiger partial charge in [-0.3, -0.25) is 0 Å². The quantitative estimate of drug-likeness (QED) is 0.136. The molecule has 0 aromatic heterocycles. The third-order valence-electron chi connectivity index (χ3n) is 11.0. The molecule has 0 radical (unpaired) electrons. The van der Waals surface area contributed by atoms with Crippen LogP contribution in [-0.2, 0) is 5.41 Å². The lowest BCUT2D eigenvalue weighted by Crippen LogP contribution is -2.15. The Morgan fingerprint density at radius 2 is 0.878 bits per heavy atom. The van der Waals surface area contributed by atoms with E-state index in [0.29, 0.717) is 0 Å². The minimum Gasteiger partial charge on any atom is -0.0622 e. The molecule has 0 nitrogen and oxygen atoms in total. The van der Waals surface area contributed by atoms with Crippen LogP contribution in [0.2, 0.25) is 0 Å². The van der Waals surface area contributed by atoms with E-state index in [2.05, 4.69) is 184 Å². The standard InChI is InChI=1S/C49H34/c1-49(2)44-30-37(25-26-39(44)43-28-35-15-6-7-16-36(35)29-45(43)49)31-20-22-34(23-21-31)46-40-18-10-11-19-41(40)47(33-13-4-3-5-14-33)48-38-17-9-8-12-32(38)24-27-42(46)48/h3-30H,1-2H3. The first-order chi connectivity index (χ1) is 24.1. The molecule has 0 atom stereocenters. The molecule has 10 rings (SSSR count). The fourth-order valence-electron chi connectivity index (χ4n) is 8.59. The molecule has 9 aromatic rings. The summed E-state index contributed by atoms with van der Waals surface area (Å²) < 4.78 is 0. The van der Waals surface area contributed by atoms with E-state index in [1.54, 1.807) is 0 Å². The molecule has 0 N–H and O–H groups in total. The van der Waals surface area contributed by atoms with Crippen LogP contribution in [0.5, 0.6) is 0 Å². The van der Waals surface area contributed by atoms with Crippen LogP contribution in [0.3, 0.4) is 0 Å². The average molecular weight is 623 g/mol. The summed E-state index contributed by atoms with van der Waals surface area (Å²) in [5.74, 6) is 0. The van der Waals surface area contributed by atoms with Crippen molar-refractivity contribution >= 4 is 43.1 Å². The Morgan fingerprint density at radius 3 is 1.63 bits per heavy atom. The summed E-state index contributed by atoms with van der Waals surface area (Å²) in [6.07, 6.45) is 0. The van der Waals surface area contributed by atoms with Crippen LogP contribution in [0.25, 0.3) is 87.6 Å². The van der Waals surface area contributed by atoms with Gasteiger partial charge in [0.05, 0.1) is 0 Å². The van der Waals surface area contributed by atoms with Crippen molar-refractivity contribution in [1.82, 2.24) is 0 Å². The van der Waals surface area contributed by atoms with E-state index < -0.39 is 0 Å². The SMILES string of the molecule is CC1(C)c2cc(-c3ccc(-c4c5ccccc5c(-c5ccccc5)c5c4ccc4ccccc45)cc3)ccc2-c2cc3ccccc3cc21. The van der Waals surface area contributed by atoms with Gasteiger partial charge in [0, 0.05) is 5.41 Å². The molecule has 0 saturated heterocycles. The molecule has 1 aliphatic rings. The van der Waals surface area contributed by atoms with Gasteiger partial charge in [-0.15, -0.1) is 0 Å². The lowest BCUT2D eigenvalue weighted by Gasteiger charge is -2.22. The molecular weight excluding hydrogens is 589 g/mol. The summed E-state index contributed by atoms with van der Waals surface area (Å²) >= 11 is 0. The fraction of sp³-hybridized carbons (Fsp3) is 0.0612. The van der Waals surface area contributed by atoms with Crippen molar-refractivity contribution in [2.24, 2.45) is 0 Å². The van der Waals surface area contributed by atoms with E-state index in [0.717, 1.165) is 0 Å². The predicted octanol–water partition coefficient (Wildman–Crippen LogP) is 13.6. The third-order valence-corrected chi connectivity index (χ3v) is 11.0. The zero-order valence-corrected chi connectivity index (χ0v) is 27.7. The van der Waals surface area contributed by atoms with Crippen molar-refractivity contribution in [2.45, 2.75) is 19.3 Å². The Morgan fingerprint density at radius 1 is 0.327 bits per heavy atom. The van der Waals surface area contributed by atoms with Gasteiger partial charge in [0.15, 0.2) is 0 Å². The van der Waals surface area contributed by atoms with E-state index in [4.69, 9.17) is 0 Å². The maximum atomic E-state index is 2.43. The number of fused-ring (bicyclic) bond motifs is 8. The van der Waals surface area contributed by atoms with Crippen LogP contribution in [0.4, 0.5) is 0 Å². The van der Waals surface area contributed by atoms with E-state index in [-0.39, 0.29) is 5.41 Å². The molecule has 0 aliphatic heterocycles. The minimum atomic E-state index is -0.0637. The van der Waals surface area contributed by atoms with Crippen LogP contribution >= 0.6 is 0 Å². The van der Waals surface area contributed by atoms with E-state index in [1.807, 2.05) is 0 Å². The summed E-state index contributed by atoms with van der Waals surface area (Å²) in [5, 5.41) is 10.3. The van der Waals surface area contributed by atoms with Crippen LogP contribution in [0.15, 0.2) is 170 Å². The number of hydrogen-bond acceptors (Lipinski definition) is 0. The highest BCUT2D eigenvalue weighted by Crippen LogP contribution is 2.51. The molecule has 0 fully saturated rings. The average Bonchev–Trinajstić information content (AvgIpc) is 3.37. The van der Waals surface area contributed by atoms with Crippen LogP contribution in [0, 0.1) is 0 Å². The van der Waals surface area contributed by atoms with Gasteiger partial charge in [-0.25, -0.2) is 0 Å². The van der Waals surface area contributed by atoms with E-state index >= 15 is 0 Å². The van der Waals surface area contributed by atoms with Gasteiger partial charge in [-0.05, 0) is 117 Å². The van der Waals surface area contributed by atoms with Crippen LogP contribution in [-0.4, -0.2) is 0 Å². The first-order valence-electron chi connectivity index (χ1n) is 17.3. The maximum absolute atomic E-state index is 2.43.